The molecule has 0 bridgehead atoms. The number of hydrogen-bond donors (Lipinski definition) is 0. The van der Waals surface area contributed by atoms with Gasteiger partial charge in [0.25, 0.3) is 5.69 Å². The molecular formula is C12H10ClN3O2S. The Bertz CT molecular complexity index is 604. The van der Waals surface area contributed by atoms with E-state index in [0.29, 0.717) is 17.4 Å². The van der Waals surface area contributed by atoms with E-state index in [1.165, 1.54) is 23.9 Å². The predicted octanol–water partition coefficient (Wildman–Crippen LogP) is 3.75. The molecular weight excluding hydrogens is 286 g/mol. The quantitative estimate of drug-likeness (QED) is 0.488. The fraction of sp³-hybridized carbons (Fsp3) is 0.167. The lowest BCUT2D eigenvalue weighted by Crippen LogP contribution is -1.94. The average Bonchev–Trinajstić information content (AvgIpc) is 2.38. The van der Waals surface area contributed by atoms with Crippen LogP contribution >= 0.6 is 23.4 Å². The van der Waals surface area contributed by atoms with Gasteiger partial charge in [0.05, 0.1) is 4.92 Å². The second kappa shape index (κ2) is 5.99. The number of rotatable bonds is 4. The summed E-state index contributed by atoms with van der Waals surface area (Å²) in [6.45, 7) is 1.95. The lowest BCUT2D eigenvalue weighted by atomic mass is 10.3. The smallest absolute Gasteiger partial charge is 0.258 e. The number of aryl methyl sites for hydroxylation is 1. The topological polar surface area (TPSA) is 68.9 Å². The lowest BCUT2D eigenvalue weighted by Gasteiger charge is -2.03. The van der Waals surface area contributed by atoms with Crippen LogP contribution in [0, 0.1) is 10.1 Å². The van der Waals surface area contributed by atoms with Crippen LogP contribution in [0.3, 0.4) is 0 Å². The van der Waals surface area contributed by atoms with Crippen molar-refractivity contribution in [2.75, 3.05) is 0 Å². The van der Waals surface area contributed by atoms with Crippen molar-refractivity contribution in [3.63, 3.8) is 0 Å². The second-order valence-electron chi connectivity index (χ2n) is 3.65. The van der Waals surface area contributed by atoms with E-state index in [4.69, 9.17) is 11.6 Å². The highest BCUT2D eigenvalue weighted by Gasteiger charge is 2.07. The highest BCUT2D eigenvalue weighted by Crippen LogP contribution is 2.28. The number of aromatic nitrogens is 2. The molecule has 0 amide bonds. The van der Waals surface area contributed by atoms with E-state index in [2.05, 4.69) is 9.97 Å². The molecule has 0 atom stereocenters. The van der Waals surface area contributed by atoms with Crippen LogP contribution in [-0.2, 0) is 6.42 Å². The molecule has 0 aliphatic carbocycles. The van der Waals surface area contributed by atoms with Gasteiger partial charge >= 0.3 is 0 Å². The van der Waals surface area contributed by atoms with Gasteiger partial charge < -0.3 is 0 Å². The van der Waals surface area contributed by atoms with Gasteiger partial charge in [-0.3, -0.25) is 10.1 Å². The minimum absolute atomic E-state index is 0.0688. The first kappa shape index (κ1) is 13.8. The third kappa shape index (κ3) is 3.65. The zero-order valence-corrected chi connectivity index (χ0v) is 11.6. The van der Waals surface area contributed by atoms with Crippen LogP contribution in [0.25, 0.3) is 0 Å². The molecule has 19 heavy (non-hydrogen) atoms. The number of hydrogen-bond acceptors (Lipinski definition) is 5. The largest absolute Gasteiger partial charge is 0.269 e. The first-order valence-corrected chi connectivity index (χ1v) is 6.73. The van der Waals surface area contributed by atoms with Crippen LogP contribution in [0.2, 0.25) is 5.15 Å². The van der Waals surface area contributed by atoms with Gasteiger partial charge in [-0.15, -0.1) is 0 Å². The maximum absolute atomic E-state index is 10.6. The molecule has 0 radical (unpaired) electrons. The average molecular weight is 296 g/mol. The summed E-state index contributed by atoms with van der Waals surface area (Å²) in [6, 6.07) is 7.97. The Morgan fingerprint density at radius 3 is 2.58 bits per heavy atom. The summed E-state index contributed by atoms with van der Waals surface area (Å²) in [5.74, 6) is 0.678. The van der Waals surface area contributed by atoms with Crippen molar-refractivity contribution in [2.45, 2.75) is 23.3 Å². The normalized spacial score (nSPS) is 10.4. The van der Waals surface area contributed by atoms with E-state index in [1.54, 1.807) is 18.2 Å². The maximum atomic E-state index is 10.6. The molecule has 1 aromatic carbocycles. The number of benzene rings is 1. The number of non-ortho nitro benzene ring substituents is 1. The summed E-state index contributed by atoms with van der Waals surface area (Å²) in [4.78, 5) is 19.4. The molecule has 0 unspecified atom stereocenters. The number of halogens is 1. The Labute approximate surface area is 119 Å². The summed E-state index contributed by atoms with van der Waals surface area (Å²) < 4.78 is 0. The third-order valence-electron chi connectivity index (χ3n) is 2.30. The molecule has 0 aliphatic rings. The second-order valence-corrected chi connectivity index (χ2v) is 5.13. The highest BCUT2D eigenvalue weighted by atomic mass is 35.5. The summed E-state index contributed by atoms with van der Waals surface area (Å²) in [6.07, 6.45) is 0.703. The predicted molar refractivity (Wildman–Crippen MR) is 73.6 cm³/mol. The zero-order valence-electron chi connectivity index (χ0n) is 10.0. The van der Waals surface area contributed by atoms with Gasteiger partial charge in [0.15, 0.2) is 0 Å². The number of nitro benzene ring substituents is 1. The van der Waals surface area contributed by atoms with Crippen LogP contribution in [0.15, 0.2) is 40.3 Å². The maximum Gasteiger partial charge on any atom is 0.269 e. The molecule has 2 aromatic rings. The Balaban J connectivity index is 2.21. The molecule has 0 saturated carbocycles. The first-order valence-electron chi connectivity index (χ1n) is 5.54. The SMILES string of the molecule is CCc1nc(Cl)cc(Sc2ccc([N+](=O)[O-])cc2)n1. The van der Waals surface area contributed by atoms with Crippen molar-refractivity contribution in [1.82, 2.24) is 9.97 Å². The molecule has 2 rings (SSSR count). The molecule has 0 spiro atoms. The minimum atomic E-state index is -0.425. The highest BCUT2D eigenvalue weighted by molar-refractivity contribution is 7.99. The summed E-state index contributed by atoms with van der Waals surface area (Å²) in [7, 11) is 0. The first-order chi connectivity index (χ1) is 9.08. The van der Waals surface area contributed by atoms with Gasteiger partial charge in [-0.25, -0.2) is 9.97 Å². The Morgan fingerprint density at radius 2 is 2.00 bits per heavy atom. The van der Waals surface area contributed by atoms with E-state index in [0.717, 1.165) is 9.92 Å². The Hall–Kier alpha value is -1.66. The molecule has 1 heterocycles. The van der Waals surface area contributed by atoms with E-state index < -0.39 is 4.92 Å². The molecule has 1 aromatic heterocycles. The van der Waals surface area contributed by atoms with E-state index in [1.807, 2.05) is 6.92 Å². The van der Waals surface area contributed by atoms with Crippen LogP contribution in [0.4, 0.5) is 5.69 Å². The van der Waals surface area contributed by atoms with Gasteiger partial charge in [0.1, 0.15) is 16.0 Å². The van der Waals surface area contributed by atoms with Crippen molar-refractivity contribution in [1.29, 1.82) is 0 Å². The number of nitrogens with zero attached hydrogens (tertiary/aromatic N) is 3. The van der Waals surface area contributed by atoms with Crippen LogP contribution in [-0.4, -0.2) is 14.9 Å². The van der Waals surface area contributed by atoms with Gasteiger partial charge in [-0.05, 0) is 12.1 Å². The van der Waals surface area contributed by atoms with Gasteiger partial charge in [-0.2, -0.15) is 0 Å². The van der Waals surface area contributed by atoms with Gasteiger partial charge in [-0.1, -0.05) is 30.3 Å². The molecule has 7 heteroatoms. The third-order valence-corrected chi connectivity index (χ3v) is 3.42. The zero-order chi connectivity index (χ0) is 13.8. The van der Waals surface area contributed by atoms with Crippen molar-refractivity contribution in [3.8, 4) is 0 Å². The summed E-state index contributed by atoms with van der Waals surface area (Å²) in [5, 5.41) is 11.7. The van der Waals surface area contributed by atoms with Crippen molar-refractivity contribution in [3.05, 3.63) is 51.4 Å². The van der Waals surface area contributed by atoms with Crippen molar-refractivity contribution in [2.24, 2.45) is 0 Å². The van der Waals surface area contributed by atoms with Gasteiger partial charge in [0.2, 0.25) is 0 Å². The monoisotopic (exact) mass is 295 g/mol. The Morgan fingerprint density at radius 1 is 1.32 bits per heavy atom. The summed E-state index contributed by atoms with van der Waals surface area (Å²) in [5.41, 5.74) is 0.0688. The molecule has 0 fully saturated rings. The molecule has 98 valence electrons. The van der Waals surface area contributed by atoms with Crippen molar-refractivity contribution < 1.29 is 4.92 Å². The van der Waals surface area contributed by atoms with E-state index in [9.17, 15) is 10.1 Å². The summed E-state index contributed by atoms with van der Waals surface area (Å²) >= 11 is 7.30. The van der Waals surface area contributed by atoms with Crippen LogP contribution in [0.5, 0.6) is 0 Å². The fourth-order valence-electron chi connectivity index (χ4n) is 1.41. The van der Waals surface area contributed by atoms with E-state index >= 15 is 0 Å². The molecule has 0 N–H and O–H groups in total. The molecule has 5 nitrogen and oxygen atoms in total. The molecule has 0 aliphatic heterocycles. The lowest BCUT2D eigenvalue weighted by molar-refractivity contribution is -0.384. The van der Waals surface area contributed by atoms with Gasteiger partial charge in [0, 0.05) is 29.5 Å². The minimum Gasteiger partial charge on any atom is -0.258 e. The van der Waals surface area contributed by atoms with Crippen molar-refractivity contribution >= 4 is 29.1 Å². The van der Waals surface area contributed by atoms with E-state index in [-0.39, 0.29) is 5.69 Å². The number of nitro groups is 1. The standard InChI is InChI=1S/C12H10ClN3O2S/c1-2-11-14-10(13)7-12(15-11)19-9-5-3-8(4-6-9)16(17)18/h3-7H,2H2,1H3. The Kier molecular flexibility index (Phi) is 4.34. The molecule has 0 saturated heterocycles. The van der Waals surface area contributed by atoms with Crippen LogP contribution in [0.1, 0.15) is 12.7 Å². The fourth-order valence-corrected chi connectivity index (χ4v) is 2.51. The van der Waals surface area contributed by atoms with Crippen LogP contribution < -0.4 is 0 Å².